The molecule has 0 bridgehead atoms. The number of aromatic nitrogens is 2. The van der Waals surface area contributed by atoms with Crippen LogP contribution in [0.1, 0.15) is 36.0 Å². The van der Waals surface area contributed by atoms with E-state index in [2.05, 4.69) is 24.9 Å². The summed E-state index contributed by atoms with van der Waals surface area (Å²) in [5, 5.41) is 12.4. The maximum absolute atomic E-state index is 13.4. The normalized spacial score (nSPS) is 19.5. The molecule has 2 aromatic heterocycles. The van der Waals surface area contributed by atoms with Crippen LogP contribution in [-0.4, -0.2) is 73.1 Å². The minimum absolute atomic E-state index is 0.00618. The monoisotopic (exact) mass is 538 g/mol. The van der Waals surface area contributed by atoms with Gasteiger partial charge in [-0.1, -0.05) is 0 Å². The fraction of sp³-hybridized carbons (Fsp3) is 0.542. The van der Waals surface area contributed by atoms with Crippen molar-refractivity contribution in [2.45, 2.75) is 36.6 Å². The van der Waals surface area contributed by atoms with Gasteiger partial charge in [0.2, 0.25) is 6.86 Å². The number of pyridine rings is 2. The average molecular weight is 539 g/mol. The van der Waals surface area contributed by atoms with Crippen molar-refractivity contribution in [1.29, 1.82) is 0 Å². The molecular formula is C24H29F3N6O3S. The Morgan fingerprint density at radius 2 is 1.92 bits per heavy atom. The van der Waals surface area contributed by atoms with Gasteiger partial charge in [0.25, 0.3) is 11.8 Å². The summed E-state index contributed by atoms with van der Waals surface area (Å²) in [5.74, 6) is -3.09. The van der Waals surface area contributed by atoms with Gasteiger partial charge in [0.1, 0.15) is 10.8 Å². The highest BCUT2D eigenvalue weighted by molar-refractivity contribution is 7.97. The number of carbonyl (C=O) groups excluding carboxylic acids is 1. The summed E-state index contributed by atoms with van der Waals surface area (Å²) < 4.78 is 47.6. The molecule has 0 unspecified atom stereocenters. The number of piperidine rings is 1. The Labute approximate surface area is 216 Å². The first-order chi connectivity index (χ1) is 17.8. The van der Waals surface area contributed by atoms with E-state index in [1.807, 2.05) is 6.07 Å². The number of anilines is 3. The largest absolute Gasteiger partial charge is 0.459 e. The summed E-state index contributed by atoms with van der Waals surface area (Å²) in [6.07, 6.45) is 6.17. The predicted molar refractivity (Wildman–Crippen MR) is 134 cm³/mol. The number of nitrogens with one attached hydrogen (secondary N) is 2. The van der Waals surface area contributed by atoms with Crippen molar-refractivity contribution in [1.82, 2.24) is 14.7 Å². The number of hydrogen-bond donors (Lipinski definition) is 3. The van der Waals surface area contributed by atoms with Crippen LogP contribution in [-0.2, 0) is 0 Å². The van der Waals surface area contributed by atoms with Crippen molar-refractivity contribution < 1.29 is 27.8 Å². The fourth-order valence-corrected chi connectivity index (χ4v) is 5.35. The van der Waals surface area contributed by atoms with Crippen LogP contribution in [0.25, 0.3) is 0 Å². The summed E-state index contributed by atoms with van der Waals surface area (Å²) in [5.41, 5.74) is 1.57. The summed E-state index contributed by atoms with van der Waals surface area (Å²) in [7, 11) is 0. The molecular weight excluding hydrogens is 509 g/mol. The van der Waals surface area contributed by atoms with Crippen molar-refractivity contribution in [3.05, 3.63) is 30.0 Å². The van der Waals surface area contributed by atoms with E-state index in [0.29, 0.717) is 22.5 Å². The smallest absolute Gasteiger partial charge is 0.282 e. The second-order valence-electron chi connectivity index (χ2n) is 9.68. The van der Waals surface area contributed by atoms with Crippen LogP contribution in [0.15, 0.2) is 29.4 Å². The average Bonchev–Trinajstić information content (AvgIpc) is 3.62. The van der Waals surface area contributed by atoms with E-state index in [1.165, 1.54) is 48.0 Å². The van der Waals surface area contributed by atoms with Gasteiger partial charge in [-0.2, -0.15) is 0 Å². The zero-order valence-corrected chi connectivity index (χ0v) is 21.0. The molecule has 2 aromatic rings. The molecule has 1 saturated carbocycles. The van der Waals surface area contributed by atoms with Crippen LogP contribution in [0.5, 0.6) is 5.75 Å². The first-order valence-corrected chi connectivity index (χ1v) is 13.0. The Bertz CT molecular complexity index is 1130. The summed E-state index contributed by atoms with van der Waals surface area (Å²) in [6.45, 7) is -0.197. The SMILES string of the molecule is O=C(Nc1ccc(OCF)c(N2CC(F)(F)C2)n1)c1cnc(SNCCO)cc1N1CCC2(CC1)CC2. The highest BCUT2D eigenvalue weighted by Crippen LogP contribution is 2.54. The lowest BCUT2D eigenvalue weighted by atomic mass is 9.93. The van der Waals surface area contributed by atoms with Crippen molar-refractivity contribution in [3.63, 3.8) is 0 Å². The van der Waals surface area contributed by atoms with E-state index in [1.54, 1.807) is 0 Å². The molecule has 1 amide bonds. The number of aliphatic hydroxyl groups excluding tert-OH is 1. The quantitative estimate of drug-likeness (QED) is 0.310. The zero-order chi connectivity index (χ0) is 26.0. The van der Waals surface area contributed by atoms with Gasteiger partial charge >= 0.3 is 0 Å². The Morgan fingerprint density at radius 3 is 2.57 bits per heavy atom. The van der Waals surface area contributed by atoms with Crippen LogP contribution >= 0.6 is 11.9 Å². The second kappa shape index (κ2) is 10.5. The van der Waals surface area contributed by atoms with E-state index in [0.717, 1.165) is 31.6 Å². The first kappa shape index (κ1) is 25.9. The third kappa shape index (κ3) is 5.88. The molecule has 9 nitrogen and oxygen atoms in total. The van der Waals surface area contributed by atoms with Gasteiger partial charge in [-0.15, -0.1) is 0 Å². The lowest BCUT2D eigenvalue weighted by Gasteiger charge is -2.40. The zero-order valence-electron chi connectivity index (χ0n) is 20.2. The Kier molecular flexibility index (Phi) is 7.37. The molecule has 2 saturated heterocycles. The number of alkyl halides is 3. The fourth-order valence-electron chi connectivity index (χ4n) is 4.74. The number of carbonyl (C=O) groups is 1. The Balaban J connectivity index is 1.37. The van der Waals surface area contributed by atoms with Crippen molar-refractivity contribution in [3.8, 4) is 5.75 Å². The molecule has 0 atom stereocenters. The number of aliphatic hydroxyl groups is 1. The third-order valence-corrected chi connectivity index (χ3v) is 7.83. The molecule has 1 spiro atoms. The van der Waals surface area contributed by atoms with Gasteiger partial charge in [-0.25, -0.2) is 23.1 Å². The van der Waals surface area contributed by atoms with E-state index in [4.69, 9.17) is 9.84 Å². The highest BCUT2D eigenvalue weighted by Gasteiger charge is 2.46. The maximum atomic E-state index is 13.4. The summed E-state index contributed by atoms with van der Waals surface area (Å²) in [6, 6.07) is 4.70. The standard InChI is InChI=1S/C24H29F3N6O3S/c25-15-36-18-1-2-19(30-21(18)33-13-24(26,27)14-33)31-22(35)16-12-28-20(37-29-7-10-34)11-17(16)32-8-5-23(3-4-23)6-9-32/h1-2,11-12,29,34H,3-10,13-15H2,(H,30,31,35). The van der Waals surface area contributed by atoms with E-state index >= 15 is 0 Å². The van der Waals surface area contributed by atoms with Crippen LogP contribution < -0.4 is 24.6 Å². The van der Waals surface area contributed by atoms with Crippen molar-refractivity contribution in [2.24, 2.45) is 5.41 Å². The van der Waals surface area contributed by atoms with Gasteiger partial charge in [-0.05, 0) is 61.2 Å². The van der Waals surface area contributed by atoms with Gasteiger partial charge in [-0.3, -0.25) is 9.52 Å². The minimum atomic E-state index is -2.85. The molecule has 13 heteroatoms. The second-order valence-corrected chi connectivity index (χ2v) is 10.6. The lowest BCUT2D eigenvalue weighted by Crippen LogP contribution is -2.56. The number of nitrogens with zero attached hydrogens (tertiary/aromatic N) is 4. The number of ether oxygens (including phenoxy) is 1. The topological polar surface area (TPSA) is 103 Å². The summed E-state index contributed by atoms with van der Waals surface area (Å²) in [4.78, 5) is 25.5. The summed E-state index contributed by atoms with van der Waals surface area (Å²) >= 11 is 1.28. The molecule has 37 heavy (non-hydrogen) atoms. The van der Waals surface area contributed by atoms with Crippen molar-refractivity contribution in [2.75, 3.05) is 61.3 Å². The number of hydrogen-bond acceptors (Lipinski definition) is 9. The lowest BCUT2D eigenvalue weighted by molar-refractivity contribution is -0.0270. The molecule has 200 valence electrons. The van der Waals surface area contributed by atoms with Crippen molar-refractivity contribution >= 4 is 35.2 Å². The van der Waals surface area contributed by atoms with E-state index in [-0.39, 0.29) is 24.0 Å². The van der Waals surface area contributed by atoms with Gasteiger partial charge in [0, 0.05) is 25.8 Å². The van der Waals surface area contributed by atoms with Crippen LogP contribution in [0, 0.1) is 5.41 Å². The molecule has 2 aliphatic heterocycles. The number of amides is 1. The molecule has 1 aliphatic carbocycles. The third-order valence-electron chi connectivity index (χ3n) is 7.05. The van der Waals surface area contributed by atoms with Gasteiger partial charge in [0.15, 0.2) is 11.6 Å². The molecule has 3 aliphatic rings. The molecule has 3 fully saturated rings. The molecule has 0 radical (unpaired) electrons. The van der Waals surface area contributed by atoms with E-state index in [9.17, 15) is 18.0 Å². The highest BCUT2D eigenvalue weighted by atomic mass is 32.2. The molecule has 4 heterocycles. The Hall–Kier alpha value is -2.77. The van der Waals surface area contributed by atoms with E-state index < -0.39 is 31.8 Å². The van der Waals surface area contributed by atoms with Crippen LogP contribution in [0.4, 0.5) is 30.5 Å². The first-order valence-electron chi connectivity index (χ1n) is 12.2. The van der Waals surface area contributed by atoms with Crippen LogP contribution in [0.2, 0.25) is 0 Å². The van der Waals surface area contributed by atoms with Crippen LogP contribution in [0.3, 0.4) is 0 Å². The molecule has 3 N–H and O–H groups in total. The van der Waals surface area contributed by atoms with Gasteiger partial charge in [0.05, 0.1) is 30.9 Å². The Morgan fingerprint density at radius 1 is 1.16 bits per heavy atom. The molecule has 0 aromatic carbocycles. The molecule has 5 rings (SSSR count). The minimum Gasteiger partial charge on any atom is -0.459 e. The number of halogens is 3. The maximum Gasteiger partial charge on any atom is 0.282 e. The predicted octanol–water partition coefficient (Wildman–Crippen LogP) is 3.46. The van der Waals surface area contributed by atoms with Gasteiger partial charge < -0.3 is 25.0 Å². The number of rotatable bonds is 10.